The Kier molecular flexibility index (Phi) is 0.935. The predicted octanol–water partition coefficient (Wildman–Crippen LogP) is 2.46. The van der Waals surface area contributed by atoms with Crippen LogP contribution in [0.1, 0.15) is 11.1 Å². The molecule has 0 N–H and O–H groups in total. The highest BCUT2D eigenvalue weighted by molar-refractivity contribution is 7.80. The van der Waals surface area contributed by atoms with Crippen molar-refractivity contribution < 1.29 is 0 Å². The summed E-state index contributed by atoms with van der Waals surface area (Å²) in [6.45, 7) is 0. The van der Waals surface area contributed by atoms with Gasteiger partial charge in [-0.15, -0.1) is 12.6 Å². The quantitative estimate of drug-likeness (QED) is 0.526. The van der Waals surface area contributed by atoms with Gasteiger partial charge < -0.3 is 0 Å². The number of rotatable bonds is 0. The molecule has 1 aromatic carbocycles. The molecule has 0 unspecified atom stereocenters. The molecule has 1 aromatic rings. The van der Waals surface area contributed by atoms with Gasteiger partial charge in [0.05, 0.1) is 0 Å². The number of benzene rings is 1. The Morgan fingerprint density at radius 2 is 1.78 bits per heavy atom. The molecular weight excluding hydrogens is 128 g/mol. The van der Waals surface area contributed by atoms with Crippen molar-refractivity contribution >= 4 is 24.8 Å². The number of hydrogen-bond acceptors (Lipinski definition) is 1. The molecule has 44 valence electrons. The van der Waals surface area contributed by atoms with Gasteiger partial charge in [-0.05, 0) is 23.3 Å². The van der Waals surface area contributed by atoms with E-state index in [2.05, 4.69) is 36.9 Å². The summed E-state index contributed by atoms with van der Waals surface area (Å²) in [6.07, 6.45) is 4.19. The highest BCUT2D eigenvalue weighted by Crippen LogP contribution is 2.25. The second-order valence-electron chi connectivity index (χ2n) is 2.15. The molecule has 0 fully saturated rings. The lowest BCUT2D eigenvalue weighted by molar-refractivity contribution is 1.42. The van der Waals surface area contributed by atoms with E-state index in [-0.39, 0.29) is 0 Å². The number of hydrogen-bond donors (Lipinski definition) is 1. The molecule has 0 saturated heterocycles. The maximum absolute atomic E-state index is 4.20. The Morgan fingerprint density at radius 1 is 1.00 bits per heavy atom. The maximum Gasteiger partial charge on any atom is 0.00463 e. The summed E-state index contributed by atoms with van der Waals surface area (Å²) in [5.41, 5.74) is 2.63. The second-order valence-corrected chi connectivity index (χ2v) is 2.66. The first kappa shape index (κ1) is 5.12. The van der Waals surface area contributed by atoms with Crippen molar-refractivity contribution in [3.63, 3.8) is 0 Å². The molecule has 0 radical (unpaired) electrons. The van der Waals surface area contributed by atoms with E-state index >= 15 is 0 Å². The molecule has 0 nitrogen and oxygen atoms in total. The molecule has 0 bridgehead atoms. The van der Waals surface area contributed by atoms with E-state index in [1.54, 1.807) is 0 Å². The second kappa shape index (κ2) is 1.64. The fourth-order valence-corrected chi connectivity index (χ4v) is 1.16. The molecule has 9 heavy (non-hydrogen) atoms. The van der Waals surface area contributed by atoms with E-state index in [1.165, 1.54) is 11.1 Å². The molecule has 0 amide bonds. The molecule has 0 atom stereocenters. The Bertz CT molecular complexity index is 274. The monoisotopic (exact) mass is 134 g/mol. The lowest BCUT2D eigenvalue weighted by Crippen LogP contribution is -1.87. The van der Waals surface area contributed by atoms with Crippen LogP contribution in [0, 0.1) is 0 Å². The SMILES string of the molecule is Sc1ccc2c(c1)C=C2. The predicted molar refractivity (Wildman–Crippen MR) is 42.6 cm³/mol. The molecule has 0 heterocycles. The highest BCUT2D eigenvalue weighted by atomic mass is 32.1. The Balaban J connectivity index is 2.63. The normalized spacial score (nSPS) is 12.6. The van der Waals surface area contributed by atoms with Crippen molar-refractivity contribution in [3.8, 4) is 0 Å². The van der Waals surface area contributed by atoms with Gasteiger partial charge in [-0.25, -0.2) is 0 Å². The zero-order chi connectivity index (χ0) is 6.27. The van der Waals surface area contributed by atoms with Crippen molar-refractivity contribution in [3.05, 3.63) is 29.3 Å². The van der Waals surface area contributed by atoms with Crippen LogP contribution in [0.5, 0.6) is 0 Å². The van der Waals surface area contributed by atoms with Crippen molar-refractivity contribution in [1.29, 1.82) is 0 Å². The lowest BCUT2D eigenvalue weighted by Gasteiger charge is -2.08. The fraction of sp³-hybridized carbons (Fsp3) is 0. The van der Waals surface area contributed by atoms with Gasteiger partial charge in [0.15, 0.2) is 0 Å². The molecule has 0 aromatic heterocycles. The first-order valence-electron chi connectivity index (χ1n) is 2.87. The standard InChI is InChI=1S/C8H6S/c9-8-4-3-6-1-2-7(6)5-8/h1-5,9H. The van der Waals surface area contributed by atoms with Crippen LogP contribution in [0.25, 0.3) is 12.2 Å². The summed E-state index contributed by atoms with van der Waals surface area (Å²) in [4.78, 5) is 1.04. The van der Waals surface area contributed by atoms with E-state index in [0.717, 1.165) is 4.90 Å². The molecule has 2 rings (SSSR count). The smallest absolute Gasteiger partial charge is 0.00463 e. The largest absolute Gasteiger partial charge is 0.143 e. The van der Waals surface area contributed by atoms with Gasteiger partial charge in [0.1, 0.15) is 0 Å². The number of thiol groups is 1. The summed E-state index contributed by atoms with van der Waals surface area (Å²) in [7, 11) is 0. The van der Waals surface area contributed by atoms with Crippen LogP contribution in [0.15, 0.2) is 23.1 Å². The molecule has 1 aliphatic rings. The summed E-state index contributed by atoms with van der Waals surface area (Å²) < 4.78 is 0. The maximum atomic E-state index is 4.20. The molecule has 0 spiro atoms. The minimum absolute atomic E-state index is 1.04. The van der Waals surface area contributed by atoms with Crippen LogP contribution in [0.2, 0.25) is 0 Å². The van der Waals surface area contributed by atoms with Crippen LogP contribution >= 0.6 is 12.6 Å². The van der Waals surface area contributed by atoms with Crippen LogP contribution < -0.4 is 0 Å². The van der Waals surface area contributed by atoms with Gasteiger partial charge in [-0.1, -0.05) is 18.2 Å². The average Bonchev–Trinajstić information content (AvgIpc) is 1.78. The summed E-state index contributed by atoms with van der Waals surface area (Å²) in [5.74, 6) is 0. The highest BCUT2D eigenvalue weighted by Gasteiger charge is 2.02. The first-order chi connectivity index (χ1) is 4.36. The van der Waals surface area contributed by atoms with Crippen LogP contribution in [0.3, 0.4) is 0 Å². The van der Waals surface area contributed by atoms with E-state index in [1.807, 2.05) is 6.07 Å². The third-order valence-electron chi connectivity index (χ3n) is 1.51. The lowest BCUT2D eigenvalue weighted by atomic mass is 9.98. The average molecular weight is 134 g/mol. The van der Waals surface area contributed by atoms with E-state index in [9.17, 15) is 0 Å². The first-order valence-corrected chi connectivity index (χ1v) is 3.32. The third kappa shape index (κ3) is 0.688. The summed E-state index contributed by atoms with van der Waals surface area (Å²) >= 11 is 4.20. The minimum Gasteiger partial charge on any atom is -0.143 e. The molecule has 1 aliphatic carbocycles. The minimum atomic E-state index is 1.04. The van der Waals surface area contributed by atoms with Gasteiger partial charge in [-0.3, -0.25) is 0 Å². The van der Waals surface area contributed by atoms with E-state index in [0.29, 0.717) is 0 Å². The van der Waals surface area contributed by atoms with E-state index in [4.69, 9.17) is 0 Å². The number of fused-ring (bicyclic) bond motifs is 1. The fourth-order valence-electron chi connectivity index (χ4n) is 0.942. The third-order valence-corrected chi connectivity index (χ3v) is 1.79. The molecule has 0 aliphatic heterocycles. The van der Waals surface area contributed by atoms with Crippen LogP contribution in [-0.4, -0.2) is 0 Å². The van der Waals surface area contributed by atoms with Gasteiger partial charge >= 0.3 is 0 Å². The van der Waals surface area contributed by atoms with Crippen molar-refractivity contribution in [2.75, 3.05) is 0 Å². The van der Waals surface area contributed by atoms with Gasteiger partial charge in [-0.2, -0.15) is 0 Å². The topological polar surface area (TPSA) is 0 Å². The Labute approximate surface area is 59.6 Å². The van der Waals surface area contributed by atoms with Crippen molar-refractivity contribution in [1.82, 2.24) is 0 Å². The van der Waals surface area contributed by atoms with Crippen molar-refractivity contribution in [2.24, 2.45) is 0 Å². The van der Waals surface area contributed by atoms with Gasteiger partial charge in [0.2, 0.25) is 0 Å². The summed E-state index contributed by atoms with van der Waals surface area (Å²) in [5, 5.41) is 0. The van der Waals surface area contributed by atoms with Gasteiger partial charge in [0, 0.05) is 4.90 Å². The molecule has 1 heteroatoms. The van der Waals surface area contributed by atoms with Gasteiger partial charge in [0.25, 0.3) is 0 Å². The molecular formula is C8H6S. The Morgan fingerprint density at radius 3 is 2.22 bits per heavy atom. The summed E-state index contributed by atoms with van der Waals surface area (Å²) in [6, 6.07) is 6.15. The van der Waals surface area contributed by atoms with Crippen molar-refractivity contribution in [2.45, 2.75) is 4.90 Å². The zero-order valence-corrected chi connectivity index (χ0v) is 5.73. The zero-order valence-electron chi connectivity index (χ0n) is 4.83. The van der Waals surface area contributed by atoms with Crippen LogP contribution in [0.4, 0.5) is 0 Å². The Hall–Kier alpha value is -0.690. The van der Waals surface area contributed by atoms with E-state index < -0.39 is 0 Å². The molecule has 0 saturated carbocycles. The van der Waals surface area contributed by atoms with Crippen LogP contribution in [-0.2, 0) is 0 Å².